The molecule has 1 amide bonds. The van der Waals surface area contributed by atoms with Crippen molar-refractivity contribution in [3.8, 4) is 0 Å². The Bertz CT molecular complexity index is 211. The highest BCUT2D eigenvalue weighted by Crippen LogP contribution is 2.10. The molecule has 2 fully saturated rings. The molecule has 0 bridgehead atoms. The van der Waals surface area contributed by atoms with Gasteiger partial charge in [-0.05, 0) is 25.9 Å². The average molecular weight is 214 g/mol. The van der Waals surface area contributed by atoms with Crippen LogP contribution in [0.2, 0.25) is 0 Å². The van der Waals surface area contributed by atoms with Crippen molar-refractivity contribution in [2.75, 3.05) is 39.4 Å². The van der Waals surface area contributed by atoms with Crippen molar-refractivity contribution >= 4 is 6.09 Å². The van der Waals surface area contributed by atoms with Gasteiger partial charge in [-0.15, -0.1) is 0 Å². The van der Waals surface area contributed by atoms with E-state index >= 15 is 0 Å². The Morgan fingerprint density at radius 2 is 1.93 bits per heavy atom. The zero-order chi connectivity index (χ0) is 10.5. The molecule has 5 heteroatoms. The van der Waals surface area contributed by atoms with Crippen LogP contribution in [0.3, 0.4) is 0 Å². The van der Waals surface area contributed by atoms with Crippen molar-refractivity contribution in [2.24, 2.45) is 0 Å². The number of nitrogens with one attached hydrogen (secondary N) is 1. The summed E-state index contributed by atoms with van der Waals surface area (Å²) in [5.41, 5.74) is 0. The fourth-order valence-corrected chi connectivity index (χ4v) is 1.88. The standard InChI is InChI=1S/C10H18N2O3/c13-10(12-5-7-14-8-6-12)15-9-1-3-11-4-2-9/h9,11H,1-8H2. The number of nitrogens with zero attached hydrogens (tertiary/aromatic N) is 1. The maximum Gasteiger partial charge on any atom is 0.410 e. The van der Waals surface area contributed by atoms with Gasteiger partial charge in [0.05, 0.1) is 13.2 Å². The molecule has 0 aromatic rings. The van der Waals surface area contributed by atoms with Crippen LogP contribution in [0.15, 0.2) is 0 Å². The molecule has 2 aliphatic heterocycles. The van der Waals surface area contributed by atoms with Gasteiger partial charge in [0.1, 0.15) is 6.10 Å². The summed E-state index contributed by atoms with van der Waals surface area (Å²) in [5, 5.41) is 3.24. The Morgan fingerprint density at radius 1 is 1.27 bits per heavy atom. The van der Waals surface area contributed by atoms with Gasteiger partial charge in [0, 0.05) is 13.1 Å². The molecule has 1 N–H and O–H groups in total. The van der Waals surface area contributed by atoms with Crippen LogP contribution in [0.1, 0.15) is 12.8 Å². The number of rotatable bonds is 1. The summed E-state index contributed by atoms with van der Waals surface area (Å²) in [4.78, 5) is 13.4. The van der Waals surface area contributed by atoms with E-state index < -0.39 is 0 Å². The molecule has 0 spiro atoms. The maximum absolute atomic E-state index is 11.7. The molecule has 0 aromatic carbocycles. The summed E-state index contributed by atoms with van der Waals surface area (Å²) in [6.07, 6.45) is 1.78. The number of piperidine rings is 1. The fourth-order valence-electron chi connectivity index (χ4n) is 1.88. The molecule has 86 valence electrons. The second kappa shape index (κ2) is 5.32. The number of carbonyl (C=O) groups is 1. The fraction of sp³-hybridized carbons (Fsp3) is 0.900. The van der Waals surface area contributed by atoms with Gasteiger partial charge in [0.2, 0.25) is 0 Å². The molecular weight excluding hydrogens is 196 g/mol. The van der Waals surface area contributed by atoms with E-state index in [1.54, 1.807) is 4.90 Å². The van der Waals surface area contributed by atoms with Gasteiger partial charge in [0.15, 0.2) is 0 Å². The van der Waals surface area contributed by atoms with Crippen molar-refractivity contribution in [3.63, 3.8) is 0 Å². The van der Waals surface area contributed by atoms with E-state index in [0.29, 0.717) is 26.3 Å². The van der Waals surface area contributed by atoms with E-state index in [2.05, 4.69) is 5.32 Å². The zero-order valence-corrected chi connectivity index (χ0v) is 8.91. The molecule has 2 rings (SSSR count). The van der Waals surface area contributed by atoms with Gasteiger partial charge >= 0.3 is 6.09 Å². The lowest BCUT2D eigenvalue weighted by molar-refractivity contribution is 0.00708. The highest BCUT2D eigenvalue weighted by Gasteiger charge is 2.22. The molecular formula is C10H18N2O3. The van der Waals surface area contributed by atoms with Crippen LogP contribution in [0.4, 0.5) is 4.79 Å². The summed E-state index contributed by atoms with van der Waals surface area (Å²) in [5.74, 6) is 0. The third-order valence-electron chi connectivity index (χ3n) is 2.82. The first-order valence-corrected chi connectivity index (χ1v) is 5.60. The second-order valence-corrected chi connectivity index (χ2v) is 3.93. The molecule has 0 radical (unpaired) electrons. The predicted octanol–water partition coefficient (Wildman–Crippen LogP) is 0.207. The van der Waals surface area contributed by atoms with E-state index in [0.717, 1.165) is 25.9 Å². The van der Waals surface area contributed by atoms with Crippen LogP contribution >= 0.6 is 0 Å². The third kappa shape index (κ3) is 3.07. The highest BCUT2D eigenvalue weighted by atomic mass is 16.6. The molecule has 2 aliphatic rings. The van der Waals surface area contributed by atoms with E-state index in [4.69, 9.17) is 9.47 Å². The number of hydrogen-bond acceptors (Lipinski definition) is 4. The number of morpholine rings is 1. The Balaban J connectivity index is 1.74. The van der Waals surface area contributed by atoms with Gasteiger partial charge < -0.3 is 19.7 Å². The van der Waals surface area contributed by atoms with Gasteiger partial charge in [-0.1, -0.05) is 0 Å². The van der Waals surface area contributed by atoms with Crippen LogP contribution in [0, 0.1) is 0 Å². The Labute approximate surface area is 89.7 Å². The first kappa shape index (κ1) is 10.7. The molecule has 15 heavy (non-hydrogen) atoms. The summed E-state index contributed by atoms with van der Waals surface area (Å²) in [7, 11) is 0. The molecule has 2 saturated heterocycles. The number of hydrogen-bond donors (Lipinski definition) is 1. The van der Waals surface area contributed by atoms with Gasteiger partial charge in [-0.3, -0.25) is 0 Å². The predicted molar refractivity (Wildman–Crippen MR) is 54.8 cm³/mol. The number of carbonyl (C=O) groups excluding carboxylic acids is 1. The van der Waals surface area contributed by atoms with Gasteiger partial charge in [-0.2, -0.15) is 0 Å². The van der Waals surface area contributed by atoms with Gasteiger partial charge in [0.25, 0.3) is 0 Å². The Morgan fingerprint density at radius 3 is 2.60 bits per heavy atom. The molecule has 0 unspecified atom stereocenters. The normalized spacial score (nSPS) is 23.9. The monoisotopic (exact) mass is 214 g/mol. The minimum absolute atomic E-state index is 0.0987. The quantitative estimate of drug-likeness (QED) is 0.678. The summed E-state index contributed by atoms with van der Waals surface area (Å²) < 4.78 is 10.6. The van der Waals surface area contributed by atoms with Gasteiger partial charge in [-0.25, -0.2) is 4.79 Å². The molecule has 0 atom stereocenters. The zero-order valence-electron chi connectivity index (χ0n) is 8.91. The van der Waals surface area contributed by atoms with E-state index in [-0.39, 0.29) is 12.2 Å². The molecule has 5 nitrogen and oxygen atoms in total. The number of amides is 1. The van der Waals surface area contributed by atoms with Crippen LogP contribution in [0.5, 0.6) is 0 Å². The van der Waals surface area contributed by atoms with Crippen LogP contribution in [0.25, 0.3) is 0 Å². The third-order valence-corrected chi connectivity index (χ3v) is 2.82. The van der Waals surface area contributed by atoms with Crippen molar-refractivity contribution in [1.29, 1.82) is 0 Å². The Kier molecular flexibility index (Phi) is 3.80. The van der Waals surface area contributed by atoms with Crippen LogP contribution < -0.4 is 5.32 Å². The lowest BCUT2D eigenvalue weighted by atomic mass is 10.1. The second-order valence-electron chi connectivity index (χ2n) is 3.93. The van der Waals surface area contributed by atoms with E-state index in [1.165, 1.54) is 0 Å². The average Bonchev–Trinajstić information content (AvgIpc) is 2.31. The van der Waals surface area contributed by atoms with Crippen LogP contribution in [-0.4, -0.2) is 56.5 Å². The molecule has 0 aromatic heterocycles. The van der Waals surface area contributed by atoms with E-state index in [9.17, 15) is 4.79 Å². The SMILES string of the molecule is O=C(OC1CCNCC1)N1CCOCC1. The number of ether oxygens (including phenoxy) is 2. The van der Waals surface area contributed by atoms with Crippen molar-refractivity contribution in [2.45, 2.75) is 18.9 Å². The lowest BCUT2D eigenvalue weighted by Gasteiger charge is -2.29. The summed E-state index contributed by atoms with van der Waals surface area (Å²) >= 11 is 0. The molecule has 0 aliphatic carbocycles. The van der Waals surface area contributed by atoms with Crippen molar-refractivity contribution < 1.29 is 14.3 Å². The highest BCUT2D eigenvalue weighted by molar-refractivity contribution is 5.67. The largest absolute Gasteiger partial charge is 0.446 e. The summed E-state index contributed by atoms with van der Waals surface area (Å²) in [6, 6.07) is 0. The first-order chi connectivity index (χ1) is 7.36. The minimum Gasteiger partial charge on any atom is -0.446 e. The topological polar surface area (TPSA) is 50.8 Å². The maximum atomic E-state index is 11.7. The van der Waals surface area contributed by atoms with Crippen molar-refractivity contribution in [3.05, 3.63) is 0 Å². The van der Waals surface area contributed by atoms with Crippen molar-refractivity contribution in [1.82, 2.24) is 10.2 Å². The molecule has 0 saturated carbocycles. The van der Waals surface area contributed by atoms with E-state index in [1.807, 2.05) is 0 Å². The lowest BCUT2D eigenvalue weighted by Crippen LogP contribution is -2.43. The Hall–Kier alpha value is -0.810. The van der Waals surface area contributed by atoms with Crippen LogP contribution in [-0.2, 0) is 9.47 Å². The summed E-state index contributed by atoms with van der Waals surface area (Å²) in [6.45, 7) is 4.46. The first-order valence-electron chi connectivity index (χ1n) is 5.60. The minimum atomic E-state index is -0.176. The molecule has 2 heterocycles. The smallest absolute Gasteiger partial charge is 0.410 e.